The van der Waals surface area contributed by atoms with Crippen molar-refractivity contribution in [3.63, 3.8) is 0 Å². The van der Waals surface area contributed by atoms with Gasteiger partial charge in [-0.05, 0) is 17.5 Å². The number of nitrogens with zero attached hydrogens (tertiary/aromatic N) is 1. The minimum atomic E-state index is 0.449. The molecule has 0 fully saturated rings. The molecule has 2 rings (SSSR count). The van der Waals surface area contributed by atoms with Gasteiger partial charge in [0.1, 0.15) is 0 Å². The Morgan fingerprint density at radius 1 is 1.17 bits per heavy atom. The van der Waals surface area contributed by atoms with Crippen LogP contribution in [0.25, 0.3) is 0 Å². The molecule has 0 heterocycles. The van der Waals surface area contributed by atoms with Gasteiger partial charge in [-0.1, -0.05) is 61.9 Å². The quantitative estimate of drug-likeness (QED) is 0.518. The van der Waals surface area contributed by atoms with E-state index in [1.807, 2.05) is 0 Å². The summed E-state index contributed by atoms with van der Waals surface area (Å²) in [5.41, 5.74) is 2.79. The molecule has 1 nitrogen and oxygen atoms in total. The van der Waals surface area contributed by atoms with E-state index in [9.17, 15) is 0 Å². The van der Waals surface area contributed by atoms with Gasteiger partial charge < -0.3 is 0 Å². The summed E-state index contributed by atoms with van der Waals surface area (Å²) in [4.78, 5) is 4.46. The molecule has 0 aliphatic heterocycles. The Hall–Kier alpha value is -1.63. The SMILES string of the molecule is CCCCN=CCc1ccccc1C1C=CC=C1. The summed E-state index contributed by atoms with van der Waals surface area (Å²) in [6.45, 7) is 3.16. The third kappa shape index (κ3) is 3.43. The van der Waals surface area contributed by atoms with E-state index in [1.165, 1.54) is 24.0 Å². The van der Waals surface area contributed by atoms with Crippen LogP contribution in [0.3, 0.4) is 0 Å². The van der Waals surface area contributed by atoms with Gasteiger partial charge in [-0.25, -0.2) is 0 Å². The van der Waals surface area contributed by atoms with Crippen molar-refractivity contribution in [2.24, 2.45) is 4.99 Å². The summed E-state index contributed by atoms with van der Waals surface area (Å²) in [6.07, 6.45) is 14.1. The molecule has 0 bridgehead atoms. The van der Waals surface area contributed by atoms with E-state index < -0.39 is 0 Å². The van der Waals surface area contributed by atoms with Crippen LogP contribution in [0.2, 0.25) is 0 Å². The van der Waals surface area contributed by atoms with E-state index in [0.29, 0.717) is 5.92 Å². The minimum absolute atomic E-state index is 0.449. The van der Waals surface area contributed by atoms with Gasteiger partial charge in [0.15, 0.2) is 0 Å². The molecule has 1 aliphatic rings. The summed E-state index contributed by atoms with van der Waals surface area (Å²) in [7, 11) is 0. The maximum atomic E-state index is 4.46. The van der Waals surface area contributed by atoms with Crippen LogP contribution in [0.15, 0.2) is 53.6 Å². The van der Waals surface area contributed by atoms with E-state index in [2.05, 4.69) is 66.7 Å². The molecule has 0 unspecified atom stereocenters. The first kappa shape index (κ1) is 12.8. The second-order valence-electron chi connectivity index (χ2n) is 4.64. The molecule has 1 aromatic rings. The minimum Gasteiger partial charge on any atom is -0.297 e. The molecule has 0 aromatic heterocycles. The monoisotopic (exact) mass is 239 g/mol. The Labute approximate surface area is 110 Å². The summed E-state index contributed by atoms with van der Waals surface area (Å²) < 4.78 is 0. The lowest BCUT2D eigenvalue weighted by atomic mass is 9.94. The van der Waals surface area contributed by atoms with Crippen molar-refractivity contribution in [2.75, 3.05) is 6.54 Å². The summed E-state index contributed by atoms with van der Waals surface area (Å²) in [6, 6.07) is 8.66. The predicted molar refractivity (Wildman–Crippen MR) is 79.4 cm³/mol. The highest BCUT2D eigenvalue weighted by Gasteiger charge is 2.10. The van der Waals surface area contributed by atoms with Crippen molar-refractivity contribution < 1.29 is 0 Å². The van der Waals surface area contributed by atoms with Crippen LogP contribution < -0.4 is 0 Å². The van der Waals surface area contributed by atoms with E-state index in [0.717, 1.165) is 13.0 Å². The molecule has 0 N–H and O–H groups in total. The maximum Gasteiger partial charge on any atom is 0.0385 e. The van der Waals surface area contributed by atoms with Crippen LogP contribution in [0.1, 0.15) is 36.8 Å². The highest BCUT2D eigenvalue weighted by molar-refractivity contribution is 5.63. The fourth-order valence-corrected chi connectivity index (χ4v) is 2.19. The second kappa shape index (κ2) is 6.95. The number of unbranched alkanes of at least 4 members (excludes halogenated alkanes) is 1. The van der Waals surface area contributed by atoms with Crippen molar-refractivity contribution in [2.45, 2.75) is 32.1 Å². The van der Waals surface area contributed by atoms with E-state index in [4.69, 9.17) is 0 Å². The molecule has 0 atom stereocenters. The first-order valence-electron chi connectivity index (χ1n) is 6.83. The van der Waals surface area contributed by atoms with Crippen LogP contribution in [0.4, 0.5) is 0 Å². The fraction of sp³-hybridized carbons (Fsp3) is 0.353. The molecular weight excluding hydrogens is 218 g/mol. The molecule has 18 heavy (non-hydrogen) atoms. The Bertz CT molecular complexity index is 442. The second-order valence-corrected chi connectivity index (χ2v) is 4.64. The van der Waals surface area contributed by atoms with Crippen LogP contribution in [-0.4, -0.2) is 12.8 Å². The summed E-state index contributed by atoms with van der Waals surface area (Å²) in [5.74, 6) is 0.449. The first-order valence-corrected chi connectivity index (χ1v) is 6.83. The Balaban J connectivity index is 2.01. The van der Waals surface area contributed by atoms with E-state index in [-0.39, 0.29) is 0 Å². The van der Waals surface area contributed by atoms with Crippen molar-refractivity contribution in [1.82, 2.24) is 0 Å². The van der Waals surface area contributed by atoms with Gasteiger partial charge in [-0.2, -0.15) is 0 Å². The van der Waals surface area contributed by atoms with Gasteiger partial charge in [0.05, 0.1) is 0 Å². The van der Waals surface area contributed by atoms with Gasteiger partial charge in [-0.3, -0.25) is 4.99 Å². The molecule has 0 saturated carbocycles. The topological polar surface area (TPSA) is 12.4 Å². The lowest BCUT2D eigenvalue weighted by Crippen LogP contribution is -1.98. The third-order valence-electron chi connectivity index (χ3n) is 3.24. The molecule has 94 valence electrons. The number of hydrogen-bond acceptors (Lipinski definition) is 1. The number of allylic oxidation sites excluding steroid dienone is 4. The zero-order valence-corrected chi connectivity index (χ0v) is 11.0. The highest BCUT2D eigenvalue weighted by Crippen LogP contribution is 2.26. The van der Waals surface area contributed by atoms with Gasteiger partial charge in [-0.15, -0.1) is 0 Å². The van der Waals surface area contributed by atoms with Crippen molar-refractivity contribution in [3.8, 4) is 0 Å². The number of aliphatic imine (C=N–C) groups is 1. The number of hydrogen-bond donors (Lipinski definition) is 0. The standard InChI is InChI=1S/C17H21N/c1-2-3-13-18-14-12-16-10-6-7-11-17(16)15-8-4-5-9-15/h4-11,14-15H,2-3,12-13H2,1H3. The highest BCUT2D eigenvalue weighted by atomic mass is 14.7. The largest absolute Gasteiger partial charge is 0.297 e. The van der Waals surface area contributed by atoms with Crippen LogP contribution in [0.5, 0.6) is 0 Å². The summed E-state index contributed by atoms with van der Waals surface area (Å²) >= 11 is 0. The van der Waals surface area contributed by atoms with E-state index >= 15 is 0 Å². The molecule has 0 radical (unpaired) electrons. The lowest BCUT2D eigenvalue weighted by Gasteiger charge is -2.11. The fourth-order valence-electron chi connectivity index (χ4n) is 2.19. The third-order valence-corrected chi connectivity index (χ3v) is 3.24. The molecule has 1 aliphatic carbocycles. The zero-order chi connectivity index (χ0) is 12.6. The van der Waals surface area contributed by atoms with Gasteiger partial charge in [0, 0.05) is 25.1 Å². The Morgan fingerprint density at radius 3 is 2.72 bits per heavy atom. The molecule has 0 saturated heterocycles. The normalized spacial score (nSPS) is 14.9. The predicted octanol–water partition coefficient (Wildman–Crippen LogP) is 4.31. The number of rotatable bonds is 6. The Morgan fingerprint density at radius 2 is 1.94 bits per heavy atom. The van der Waals surface area contributed by atoms with Crippen LogP contribution in [0, 0.1) is 0 Å². The van der Waals surface area contributed by atoms with Crippen molar-refractivity contribution in [1.29, 1.82) is 0 Å². The molecule has 1 heteroatoms. The van der Waals surface area contributed by atoms with E-state index in [1.54, 1.807) is 0 Å². The summed E-state index contributed by atoms with van der Waals surface area (Å²) in [5, 5.41) is 0. The van der Waals surface area contributed by atoms with Crippen molar-refractivity contribution >= 4 is 6.21 Å². The molecule has 0 amide bonds. The lowest BCUT2D eigenvalue weighted by molar-refractivity contribution is 0.809. The molecule has 0 spiro atoms. The smallest absolute Gasteiger partial charge is 0.0385 e. The average Bonchev–Trinajstić information content (AvgIpc) is 2.93. The zero-order valence-electron chi connectivity index (χ0n) is 11.0. The molecular formula is C17H21N. The van der Waals surface area contributed by atoms with Crippen LogP contribution in [-0.2, 0) is 6.42 Å². The average molecular weight is 239 g/mol. The van der Waals surface area contributed by atoms with Crippen molar-refractivity contribution in [3.05, 3.63) is 59.7 Å². The van der Waals surface area contributed by atoms with Crippen LogP contribution >= 0.6 is 0 Å². The molecule has 1 aromatic carbocycles. The Kier molecular flexibility index (Phi) is 4.95. The van der Waals surface area contributed by atoms with Gasteiger partial charge >= 0.3 is 0 Å². The first-order chi connectivity index (χ1) is 8.92. The van der Waals surface area contributed by atoms with Gasteiger partial charge in [0.2, 0.25) is 0 Å². The number of benzene rings is 1. The maximum absolute atomic E-state index is 4.46. The van der Waals surface area contributed by atoms with Gasteiger partial charge in [0.25, 0.3) is 0 Å².